The SMILES string of the molecule is CCCCCC(CCC)C([O])O. The Morgan fingerprint density at radius 2 is 1.75 bits per heavy atom. The largest absolute Gasteiger partial charge is 0.365 e. The monoisotopic (exact) mass is 173 g/mol. The van der Waals surface area contributed by atoms with Gasteiger partial charge in [-0.3, -0.25) is 0 Å². The molecule has 0 aromatic heterocycles. The zero-order valence-electron chi connectivity index (χ0n) is 8.25. The summed E-state index contributed by atoms with van der Waals surface area (Å²) in [7, 11) is 0. The van der Waals surface area contributed by atoms with Gasteiger partial charge in [-0.25, -0.2) is 5.11 Å². The highest BCUT2D eigenvalue weighted by molar-refractivity contribution is 4.60. The number of hydrogen-bond donors (Lipinski definition) is 1. The van der Waals surface area contributed by atoms with Crippen molar-refractivity contribution in [1.82, 2.24) is 0 Å². The maximum Gasteiger partial charge on any atom is 0.191 e. The first-order chi connectivity index (χ1) is 5.72. The second kappa shape index (κ2) is 7.56. The second-order valence-corrected chi connectivity index (χ2v) is 3.44. The zero-order chi connectivity index (χ0) is 9.40. The minimum Gasteiger partial charge on any atom is -0.365 e. The van der Waals surface area contributed by atoms with Crippen molar-refractivity contribution < 1.29 is 10.2 Å². The van der Waals surface area contributed by atoms with Gasteiger partial charge >= 0.3 is 0 Å². The van der Waals surface area contributed by atoms with E-state index in [1.54, 1.807) is 0 Å². The summed E-state index contributed by atoms with van der Waals surface area (Å²) in [5.74, 6) is -0.0125. The minimum atomic E-state index is -1.36. The Balaban J connectivity index is 3.49. The molecule has 0 spiro atoms. The lowest BCUT2D eigenvalue weighted by Crippen LogP contribution is -2.17. The van der Waals surface area contributed by atoms with E-state index in [2.05, 4.69) is 13.8 Å². The lowest BCUT2D eigenvalue weighted by atomic mass is 9.96. The van der Waals surface area contributed by atoms with Crippen molar-refractivity contribution in [3.05, 3.63) is 0 Å². The molecule has 0 amide bonds. The molecule has 0 aromatic carbocycles. The summed E-state index contributed by atoms with van der Waals surface area (Å²) >= 11 is 0. The van der Waals surface area contributed by atoms with Crippen molar-refractivity contribution in [2.75, 3.05) is 0 Å². The van der Waals surface area contributed by atoms with Crippen LogP contribution in [0.2, 0.25) is 0 Å². The van der Waals surface area contributed by atoms with E-state index in [0.717, 1.165) is 25.7 Å². The minimum absolute atomic E-state index is 0.0125. The molecule has 0 aromatic rings. The molecule has 1 N–H and O–H groups in total. The smallest absolute Gasteiger partial charge is 0.191 e. The van der Waals surface area contributed by atoms with Gasteiger partial charge in [0.05, 0.1) is 0 Å². The van der Waals surface area contributed by atoms with Crippen LogP contribution in [0.1, 0.15) is 52.4 Å². The fourth-order valence-corrected chi connectivity index (χ4v) is 1.46. The van der Waals surface area contributed by atoms with Crippen LogP contribution in [0.4, 0.5) is 0 Å². The molecule has 2 unspecified atom stereocenters. The molecule has 2 atom stereocenters. The summed E-state index contributed by atoms with van der Waals surface area (Å²) in [6.45, 7) is 4.19. The third-order valence-electron chi connectivity index (χ3n) is 2.24. The molecule has 1 radical (unpaired) electrons. The van der Waals surface area contributed by atoms with Crippen molar-refractivity contribution in [2.24, 2.45) is 5.92 Å². The topological polar surface area (TPSA) is 40.1 Å². The first kappa shape index (κ1) is 11.9. The summed E-state index contributed by atoms with van der Waals surface area (Å²) in [5.41, 5.74) is 0. The molecular weight excluding hydrogens is 152 g/mol. The van der Waals surface area contributed by atoms with Gasteiger partial charge in [0.2, 0.25) is 0 Å². The highest BCUT2D eigenvalue weighted by Gasteiger charge is 2.15. The number of rotatable bonds is 7. The summed E-state index contributed by atoms with van der Waals surface area (Å²) in [6, 6.07) is 0. The Bertz CT molecular complexity index is 91.8. The Morgan fingerprint density at radius 3 is 2.17 bits per heavy atom. The number of unbranched alkanes of at least 4 members (excludes halogenated alkanes) is 2. The van der Waals surface area contributed by atoms with E-state index in [1.807, 2.05) is 0 Å². The van der Waals surface area contributed by atoms with Crippen LogP contribution in [0.5, 0.6) is 0 Å². The lowest BCUT2D eigenvalue weighted by molar-refractivity contribution is -0.134. The molecule has 0 aliphatic rings. The van der Waals surface area contributed by atoms with Crippen LogP contribution in [0.25, 0.3) is 0 Å². The average Bonchev–Trinajstić information content (AvgIpc) is 2.03. The number of hydrogen-bond acceptors (Lipinski definition) is 1. The zero-order valence-corrected chi connectivity index (χ0v) is 8.25. The lowest BCUT2D eigenvalue weighted by Gasteiger charge is -2.15. The maximum atomic E-state index is 10.8. The summed E-state index contributed by atoms with van der Waals surface area (Å²) in [4.78, 5) is 0. The van der Waals surface area contributed by atoms with E-state index in [-0.39, 0.29) is 5.92 Å². The van der Waals surface area contributed by atoms with Crippen LogP contribution >= 0.6 is 0 Å². The molecule has 0 fully saturated rings. The summed E-state index contributed by atoms with van der Waals surface area (Å²) < 4.78 is 0. The molecule has 0 bridgehead atoms. The van der Waals surface area contributed by atoms with Crippen LogP contribution in [-0.4, -0.2) is 11.4 Å². The van der Waals surface area contributed by atoms with E-state index in [0.29, 0.717) is 0 Å². The van der Waals surface area contributed by atoms with E-state index >= 15 is 0 Å². The molecule has 0 saturated carbocycles. The molecule has 2 nitrogen and oxygen atoms in total. The fourth-order valence-electron chi connectivity index (χ4n) is 1.46. The standard InChI is InChI=1S/C10H21O2/c1-3-5-6-8-9(7-4-2)10(11)12/h9-11H,3-8H2,1-2H3. The van der Waals surface area contributed by atoms with Crippen molar-refractivity contribution in [3.63, 3.8) is 0 Å². The van der Waals surface area contributed by atoms with Crippen LogP contribution in [0, 0.1) is 5.92 Å². The van der Waals surface area contributed by atoms with Crippen molar-refractivity contribution in [3.8, 4) is 0 Å². The van der Waals surface area contributed by atoms with E-state index in [4.69, 9.17) is 5.11 Å². The fraction of sp³-hybridized carbons (Fsp3) is 1.00. The highest BCUT2D eigenvalue weighted by Crippen LogP contribution is 2.18. The maximum absolute atomic E-state index is 10.8. The number of aliphatic hydroxyl groups is 1. The van der Waals surface area contributed by atoms with Crippen LogP contribution < -0.4 is 0 Å². The van der Waals surface area contributed by atoms with Gasteiger partial charge in [-0.05, 0) is 12.8 Å². The van der Waals surface area contributed by atoms with Gasteiger partial charge in [-0.2, -0.15) is 0 Å². The third kappa shape index (κ3) is 5.56. The van der Waals surface area contributed by atoms with Crippen LogP contribution in [0.3, 0.4) is 0 Å². The van der Waals surface area contributed by atoms with Gasteiger partial charge in [0.15, 0.2) is 6.29 Å². The van der Waals surface area contributed by atoms with Crippen LogP contribution in [-0.2, 0) is 5.11 Å². The molecule has 12 heavy (non-hydrogen) atoms. The van der Waals surface area contributed by atoms with Crippen molar-refractivity contribution in [1.29, 1.82) is 0 Å². The van der Waals surface area contributed by atoms with E-state index in [1.165, 1.54) is 12.8 Å². The molecule has 2 heteroatoms. The highest BCUT2D eigenvalue weighted by atomic mass is 16.5. The first-order valence-electron chi connectivity index (χ1n) is 5.06. The Kier molecular flexibility index (Phi) is 7.51. The third-order valence-corrected chi connectivity index (χ3v) is 2.24. The van der Waals surface area contributed by atoms with E-state index in [9.17, 15) is 5.11 Å². The van der Waals surface area contributed by atoms with Crippen molar-refractivity contribution in [2.45, 2.75) is 58.7 Å². The predicted octanol–water partition coefficient (Wildman–Crippen LogP) is 2.73. The second-order valence-electron chi connectivity index (χ2n) is 3.44. The van der Waals surface area contributed by atoms with Gasteiger partial charge in [0.25, 0.3) is 0 Å². The molecular formula is C10H21O2. The van der Waals surface area contributed by atoms with Gasteiger partial charge in [-0.15, -0.1) is 0 Å². The predicted molar refractivity (Wildman–Crippen MR) is 49.2 cm³/mol. The van der Waals surface area contributed by atoms with E-state index < -0.39 is 6.29 Å². The molecule has 0 saturated heterocycles. The van der Waals surface area contributed by atoms with Gasteiger partial charge in [0.1, 0.15) is 0 Å². The van der Waals surface area contributed by atoms with Gasteiger partial charge in [-0.1, -0.05) is 39.5 Å². The van der Waals surface area contributed by atoms with Crippen molar-refractivity contribution >= 4 is 0 Å². The average molecular weight is 173 g/mol. The molecule has 0 aliphatic carbocycles. The molecule has 0 rings (SSSR count). The summed E-state index contributed by atoms with van der Waals surface area (Å²) in [6.07, 6.45) is 4.83. The molecule has 0 heterocycles. The summed E-state index contributed by atoms with van der Waals surface area (Å²) in [5, 5.41) is 19.7. The molecule has 0 aliphatic heterocycles. The van der Waals surface area contributed by atoms with Gasteiger partial charge in [0, 0.05) is 5.92 Å². The Labute approximate surface area is 75.6 Å². The Hall–Kier alpha value is -0.0800. The first-order valence-corrected chi connectivity index (χ1v) is 5.06. The number of aliphatic hydroxyl groups excluding tert-OH is 1. The van der Waals surface area contributed by atoms with Gasteiger partial charge < -0.3 is 5.11 Å². The molecule has 73 valence electrons. The normalized spacial score (nSPS) is 13.8. The Morgan fingerprint density at radius 1 is 1.08 bits per heavy atom. The quantitative estimate of drug-likeness (QED) is 0.466. The van der Waals surface area contributed by atoms with Crippen LogP contribution in [0.15, 0.2) is 0 Å².